The van der Waals surface area contributed by atoms with E-state index in [-0.39, 0.29) is 11.8 Å². The number of alkyl halides is 6. The van der Waals surface area contributed by atoms with Crippen LogP contribution in [0.4, 0.5) is 26.3 Å². The van der Waals surface area contributed by atoms with Crippen molar-refractivity contribution < 1.29 is 44.7 Å². The van der Waals surface area contributed by atoms with Gasteiger partial charge in [0.2, 0.25) is 10.0 Å². The first-order valence-corrected chi connectivity index (χ1v) is 12.0. The Morgan fingerprint density at radius 1 is 0.886 bits per heavy atom. The molecule has 2 saturated heterocycles. The molecule has 0 bridgehead atoms. The van der Waals surface area contributed by atoms with Crippen LogP contribution in [0, 0.1) is 5.92 Å². The Morgan fingerprint density at radius 3 is 1.97 bits per heavy atom. The molecule has 2 aromatic carbocycles. The maximum absolute atomic E-state index is 12.7. The third-order valence-corrected chi connectivity index (χ3v) is 7.59. The van der Waals surface area contributed by atoms with Gasteiger partial charge in [0.1, 0.15) is 0 Å². The lowest BCUT2D eigenvalue weighted by Crippen LogP contribution is -2.54. The molecule has 192 valence electrons. The summed E-state index contributed by atoms with van der Waals surface area (Å²) in [6.45, 7) is 2.26. The smallest absolute Gasteiger partial charge is 0.475 e. The van der Waals surface area contributed by atoms with E-state index in [1.165, 1.54) is 12.1 Å². The van der Waals surface area contributed by atoms with Crippen LogP contribution in [0.25, 0.3) is 0 Å². The molecule has 2 aliphatic rings. The molecule has 0 radical (unpaired) electrons. The normalized spacial score (nSPS) is 21.0. The number of sulfonamides is 1. The van der Waals surface area contributed by atoms with Crippen molar-refractivity contribution in [2.24, 2.45) is 5.92 Å². The van der Waals surface area contributed by atoms with Crippen molar-refractivity contribution in [2.45, 2.75) is 30.7 Å². The Labute approximate surface area is 197 Å². The molecule has 13 heteroatoms. The van der Waals surface area contributed by atoms with Gasteiger partial charge in [-0.3, -0.25) is 4.90 Å². The number of carbonyl (C=O) groups is 1. The highest BCUT2D eigenvalue weighted by atomic mass is 32.2. The minimum absolute atomic E-state index is 0.00775. The van der Waals surface area contributed by atoms with Crippen molar-refractivity contribution >= 4 is 16.0 Å². The quantitative estimate of drug-likeness (QED) is 0.599. The van der Waals surface area contributed by atoms with E-state index in [9.17, 15) is 34.8 Å². The first kappa shape index (κ1) is 27.0. The topological polar surface area (TPSA) is 77.9 Å². The number of carboxylic acid groups (broad SMARTS) is 1. The van der Waals surface area contributed by atoms with Crippen LogP contribution in [-0.4, -0.2) is 60.6 Å². The fourth-order valence-electron chi connectivity index (χ4n) is 4.03. The molecule has 2 fully saturated rings. The molecule has 2 atom stereocenters. The predicted octanol–water partition coefficient (Wildman–Crippen LogP) is 3.98. The van der Waals surface area contributed by atoms with Crippen molar-refractivity contribution in [1.82, 2.24) is 9.21 Å². The molecule has 2 aromatic rings. The van der Waals surface area contributed by atoms with E-state index < -0.39 is 33.9 Å². The monoisotopic (exact) mass is 524 g/mol. The van der Waals surface area contributed by atoms with Crippen LogP contribution in [0.1, 0.15) is 16.7 Å². The molecule has 4 rings (SSSR count). The van der Waals surface area contributed by atoms with Crippen LogP contribution in [-0.2, 0) is 33.3 Å². The molecule has 0 aliphatic carbocycles. The van der Waals surface area contributed by atoms with Gasteiger partial charge in [0, 0.05) is 38.1 Å². The number of carboxylic acids is 1. The minimum atomic E-state index is -5.08. The Hall–Kier alpha value is -2.64. The second-order valence-electron chi connectivity index (χ2n) is 8.31. The van der Waals surface area contributed by atoms with Gasteiger partial charge >= 0.3 is 18.3 Å². The van der Waals surface area contributed by atoms with Gasteiger partial charge in [-0.25, -0.2) is 13.2 Å². The van der Waals surface area contributed by atoms with Crippen LogP contribution >= 0.6 is 0 Å². The maximum atomic E-state index is 12.7. The summed E-state index contributed by atoms with van der Waals surface area (Å²) in [5, 5.41) is 7.12. The van der Waals surface area contributed by atoms with Crippen molar-refractivity contribution in [3.05, 3.63) is 71.3 Å². The molecular formula is C22H22F6N2O4S. The fraction of sp³-hybridized carbons (Fsp3) is 0.409. The zero-order chi connectivity index (χ0) is 26.0. The number of aliphatic carboxylic acids is 1. The number of rotatable bonds is 5. The molecule has 2 aliphatic heterocycles. The van der Waals surface area contributed by atoms with Crippen LogP contribution in [0.3, 0.4) is 0 Å². The number of hydrogen-bond acceptors (Lipinski definition) is 4. The standard InChI is InChI=1S/C20H21F3N2O2S.C2HF3O2/c21-20(22,23)18-8-6-15(7-9-18)10-24-11-17-12-25(13-19(17)24)28(26,27)14-16-4-2-1-3-5-16;3-2(4,5)1(6)7/h1-9,17,19H,10-14H2;(H,6,7). The number of fused-ring (bicyclic) bond motifs is 1. The third kappa shape index (κ3) is 6.95. The van der Waals surface area contributed by atoms with E-state index in [1.54, 1.807) is 16.4 Å². The van der Waals surface area contributed by atoms with E-state index in [2.05, 4.69) is 4.90 Å². The molecule has 6 nitrogen and oxygen atoms in total. The second kappa shape index (κ2) is 10.2. The van der Waals surface area contributed by atoms with Crippen molar-refractivity contribution in [3.63, 3.8) is 0 Å². The molecule has 0 saturated carbocycles. The molecule has 2 heterocycles. The summed E-state index contributed by atoms with van der Waals surface area (Å²) in [6, 6.07) is 14.4. The van der Waals surface area contributed by atoms with Gasteiger partial charge < -0.3 is 5.11 Å². The number of hydrogen-bond donors (Lipinski definition) is 1. The highest BCUT2D eigenvalue weighted by molar-refractivity contribution is 7.88. The first-order valence-electron chi connectivity index (χ1n) is 10.4. The second-order valence-corrected chi connectivity index (χ2v) is 10.3. The molecular weight excluding hydrogens is 502 g/mol. The molecule has 0 spiro atoms. The molecule has 1 N–H and O–H groups in total. The highest BCUT2D eigenvalue weighted by Crippen LogP contribution is 2.36. The van der Waals surface area contributed by atoms with Gasteiger partial charge in [-0.05, 0) is 23.3 Å². The van der Waals surface area contributed by atoms with Crippen molar-refractivity contribution in [1.29, 1.82) is 0 Å². The van der Waals surface area contributed by atoms with Crippen LogP contribution < -0.4 is 0 Å². The van der Waals surface area contributed by atoms with Crippen molar-refractivity contribution in [2.75, 3.05) is 19.6 Å². The molecule has 0 aromatic heterocycles. The zero-order valence-corrected chi connectivity index (χ0v) is 18.9. The Bertz CT molecular complexity index is 1120. The number of nitrogens with zero attached hydrogens (tertiary/aromatic N) is 2. The van der Waals surface area contributed by atoms with E-state index in [4.69, 9.17) is 9.90 Å². The fourth-order valence-corrected chi connectivity index (χ4v) is 5.62. The first-order chi connectivity index (χ1) is 16.2. The average Bonchev–Trinajstić information content (AvgIpc) is 3.10. The third-order valence-electron chi connectivity index (χ3n) is 5.81. The Morgan fingerprint density at radius 2 is 1.46 bits per heavy atom. The highest BCUT2D eigenvalue weighted by Gasteiger charge is 2.48. The van der Waals surface area contributed by atoms with E-state index in [0.29, 0.717) is 25.6 Å². The molecule has 2 unspecified atom stereocenters. The van der Waals surface area contributed by atoms with E-state index in [0.717, 1.165) is 29.8 Å². The SMILES string of the molecule is O=C(O)C(F)(F)F.O=S(=O)(Cc1ccccc1)N1CC2CN(Cc3ccc(C(F)(F)F)cc3)C2C1. The minimum Gasteiger partial charge on any atom is -0.475 e. The predicted molar refractivity (Wildman–Crippen MR) is 113 cm³/mol. The van der Waals surface area contributed by atoms with Gasteiger partial charge in [-0.1, -0.05) is 42.5 Å². The van der Waals surface area contributed by atoms with Gasteiger partial charge in [0.05, 0.1) is 11.3 Å². The number of halogens is 6. The zero-order valence-electron chi connectivity index (χ0n) is 18.1. The Balaban J connectivity index is 0.000000429. The summed E-state index contributed by atoms with van der Waals surface area (Å²) in [4.78, 5) is 11.0. The van der Waals surface area contributed by atoms with Gasteiger partial charge in [-0.15, -0.1) is 0 Å². The summed E-state index contributed by atoms with van der Waals surface area (Å²) in [7, 11) is -3.38. The number of likely N-dealkylation sites (tertiary alicyclic amines) is 1. The lowest BCUT2D eigenvalue weighted by atomic mass is 9.91. The van der Waals surface area contributed by atoms with Crippen LogP contribution in [0.2, 0.25) is 0 Å². The van der Waals surface area contributed by atoms with Gasteiger partial charge in [0.25, 0.3) is 0 Å². The maximum Gasteiger partial charge on any atom is 0.490 e. The van der Waals surface area contributed by atoms with Gasteiger partial charge in [0.15, 0.2) is 0 Å². The number of benzene rings is 2. The average molecular weight is 524 g/mol. The van der Waals surface area contributed by atoms with E-state index in [1.807, 2.05) is 18.2 Å². The van der Waals surface area contributed by atoms with Gasteiger partial charge in [-0.2, -0.15) is 30.6 Å². The largest absolute Gasteiger partial charge is 0.490 e. The van der Waals surface area contributed by atoms with E-state index >= 15 is 0 Å². The summed E-state index contributed by atoms with van der Waals surface area (Å²) in [5.74, 6) is -2.47. The lowest BCUT2D eigenvalue weighted by Gasteiger charge is -2.43. The summed E-state index contributed by atoms with van der Waals surface area (Å²) < 4.78 is 96.8. The summed E-state index contributed by atoms with van der Waals surface area (Å²) in [6.07, 6.45) is -9.42. The van der Waals surface area contributed by atoms with Crippen molar-refractivity contribution in [3.8, 4) is 0 Å². The molecule has 35 heavy (non-hydrogen) atoms. The summed E-state index contributed by atoms with van der Waals surface area (Å²) in [5.41, 5.74) is 0.914. The summed E-state index contributed by atoms with van der Waals surface area (Å²) >= 11 is 0. The van der Waals surface area contributed by atoms with Crippen LogP contribution in [0.5, 0.6) is 0 Å². The Kier molecular flexibility index (Phi) is 7.82. The van der Waals surface area contributed by atoms with Crippen LogP contribution in [0.15, 0.2) is 54.6 Å². The lowest BCUT2D eigenvalue weighted by molar-refractivity contribution is -0.192. The molecule has 0 amide bonds.